The highest BCUT2D eigenvalue weighted by molar-refractivity contribution is 5.78. The number of ether oxygens (including phenoxy) is 3. The fraction of sp³-hybridized carbons (Fsp3) is 0.240. The van der Waals surface area contributed by atoms with E-state index in [9.17, 15) is 18.4 Å². The van der Waals surface area contributed by atoms with Crippen LogP contribution in [0.15, 0.2) is 53.1 Å². The fourth-order valence-electron chi connectivity index (χ4n) is 3.87. The van der Waals surface area contributed by atoms with Crippen LogP contribution in [0.1, 0.15) is 12.8 Å². The maximum absolute atomic E-state index is 14.9. The lowest BCUT2D eigenvalue weighted by Crippen LogP contribution is -2.43. The smallest absolute Gasteiger partial charge is 0.484 e. The molecule has 11 nitrogen and oxygen atoms in total. The van der Waals surface area contributed by atoms with Gasteiger partial charge in [0.15, 0.2) is 18.2 Å². The molecule has 2 aromatic carbocycles. The van der Waals surface area contributed by atoms with Crippen molar-refractivity contribution in [3.63, 3.8) is 0 Å². The van der Waals surface area contributed by atoms with Crippen LogP contribution in [0.4, 0.5) is 13.6 Å². The normalized spacial score (nSPS) is 13.9. The molecule has 1 amide bonds. The molecule has 38 heavy (non-hydrogen) atoms. The summed E-state index contributed by atoms with van der Waals surface area (Å²) in [7, 11) is 0. The van der Waals surface area contributed by atoms with Crippen molar-refractivity contribution in [3.8, 4) is 29.0 Å². The second kappa shape index (κ2) is 10.7. The summed E-state index contributed by atoms with van der Waals surface area (Å²) >= 11 is 0. The molecular weight excluding hydrogens is 506 g/mol. The second-order valence-corrected chi connectivity index (χ2v) is 8.29. The minimum absolute atomic E-state index is 0.0178. The van der Waals surface area contributed by atoms with Crippen molar-refractivity contribution < 1.29 is 42.1 Å². The number of halogens is 2. The van der Waals surface area contributed by atoms with Gasteiger partial charge < -0.3 is 28.6 Å². The zero-order chi connectivity index (χ0) is 26.6. The van der Waals surface area contributed by atoms with Gasteiger partial charge in [-0.25, -0.2) is 23.5 Å². The number of likely N-dealkylation sites (tertiary alicyclic amines) is 1. The van der Waals surface area contributed by atoms with E-state index in [4.69, 9.17) is 23.7 Å². The Bertz CT molecular complexity index is 1490. The predicted molar refractivity (Wildman–Crippen MR) is 126 cm³/mol. The number of fused-ring (bicyclic) bond motifs is 1. The molecule has 2 aromatic heterocycles. The standard InChI is InChI=1S/C25H20F2N4O7/c26-17-3-1-2-4-20(17)37-24-28-12-19-23(30-24)38-22(29-19)16-6-5-15(11-18(16)27)35-13-21(32)31-9-7-14(8-10-31)36-25(33)34/h1-6,11-12,14H,7-10,13H2,(H,33,34). The van der Waals surface area contributed by atoms with E-state index in [1.54, 1.807) is 6.07 Å². The van der Waals surface area contributed by atoms with E-state index >= 15 is 0 Å². The van der Waals surface area contributed by atoms with E-state index in [0.717, 1.165) is 6.07 Å². The van der Waals surface area contributed by atoms with E-state index in [2.05, 4.69) is 15.0 Å². The van der Waals surface area contributed by atoms with E-state index in [-0.39, 0.29) is 52.7 Å². The number of nitrogens with zero attached hydrogens (tertiary/aromatic N) is 4. The van der Waals surface area contributed by atoms with Crippen molar-refractivity contribution in [2.45, 2.75) is 18.9 Å². The van der Waals surface area contributed by atoms with Gasteiger partial charge in [-0.2, -0.15) is 4.98 Å². The van der Waals surface area contributed by atoms with Gasteiger partial charge in [-0.1, -0.05) is 12.1 Å². The van der Waals surface area contributed by atoms with Crippen LogP contribution in [0.5, 0.6) is 17.5 Å². The number of carbonyl (C=O) groups excluding carboxylic acids is 1. The molecule has 1 aliphatic rings. The van der Waals surface area contributed by atoms with Crippen LogP contribution in [0.2, 0.25) is 0 Å². The lowest BCUT2D eigenvalue weighted by atomic mass is 10.1. The summed E-state index contributed by atoms with van der Waals surface area (Å²) < 4.78 is 49.8. The molecule has 1 N–H and O–H groups in total. The Hall–Kier alpha value is -4.81. The molecule has 3 heterocycles. The summed E-state index contributed by atoms with van der Waals surface area (Å²) in [6.45, 7) is 0.356. The van der Waals surface area contributed by atoms with Gasteiger partial charge in [0.25, 0.3) is 11.6 Å². The number of amides is 1. The van der Waals surface area contributed by atoms with Crippen LogP contribution in [-0.2, 0) is 9.53 Å². The number of carbonyl (C=O) groups is 2. The molecule has 0 unspecified atom stereocenters. The number of piperidine rings is 1. The highest BCUT2D eigenvalue weighted by Gasteiger charge is 2.25. The largest absolute Gasteiger partial charge is 0.506 e. The van der Waals surface area contributed by atoms with Crippen molar-refractivity contribution in [3.05, 3.63) is 60.3 Å². The molecule has 196 valence electrons. The van der Waals surface area contributed by atoms with Crippen LogP contribution >= 0.6 is 0 Å². The lowest BCUT2D eigenvalue weighted by molar-refractivity contribution is -0.135. The number of oxazole rings is 1. The van der Waals surface area contributed by atoms with E-state index in [1.807, 2.05) is 0 Å². The summed E-state index contributed by atoms with van der Waals surface area (Å²) in [5.41, 5.74) is 0.284. The molecule has 0 bridgehead atoms. The van der Waals surface area contributed by atoms with E-state index < -0.39 is 23.9 Å². The highest BCUT2D eigenvalue weighted by Crippen LogP contribution is 2.29. The minimum Gasteiger partial charge on any atom is -0.484 e. The monoisotopic (exact) mass is 526 g/mol. The summed E-state index contributed by atoms with van der Waals surface area (Å²) in [6.07, 6.45) is 0.319. The molecule has 5 rings (SSSR count). The Morgan fingerprint density at radius 1 is 1.08 bits per heavy atom. The average Bonchev–Trinajstić information content (AvgIpc) is 3.32. The molecule has 0 radical (unpaired) electrons. The van der Waals surface area contributed by atoms with Crippen molar-refractivity contribution in [1.82, 2.24) is 19.9 Å². The number of hydrogen-bond donors (Lipinski definition) is 1. The van der Waals surface area contributed by atoms with E-state index in [0.29, 0.717) is 25.9 Å². The fourth-order valence-corrected chi connectivity index (χ4v) is 3.87. The number of para-hydroxylation sites is 1. The third-order valence-corrected chi connectivity index (χ3v) is 5.76. The Labute approximate surface area is 213 Å². The molecule has 0 saturated carbocycles. The Morgan fingerprint density at radius 2 is 1.87 bits per heavy atom. The maximum Gasteiger partial charge on any atom is 0.506 e. The van der Waals surface area contributed by atoms with Gasteiger partial charge in [-0.15, -0.1) is 0 Å². The average molecular weight is 526 g/mol. The number of rotatable bonds is 7. The van der Waals surface area contributed by atoms with Gasteiger partial charge in [0.2, 0.25) is 5.89 Å². The van der Waals surface area contributed by atoms with Crippen LogP contribution in [0, 0.1) is 11.6 Å². The van der Waals surface area contributed by atoms with E-state index in [1.165, 1.54) is 41.4 Å². The maximum atomic E-state index is 14.9. The number of carboxylic acid groups (broad SMARTS) is 1. The zero-order valence-electron chi connectivity index (χ0n) is 19.7. The minimum atomic E-state index is -1.34. The summed E-state index contributed by atoms with van der Waals surface area (Å²) in [6, 6.07) is 9.54. The van der Waals surface area contributed by atoms with Gasteiger partial charge in [0.05, 0.1) is 11.8 Å². The van der Waals surface area contributed by atoms with Crippen molar-refractivity contribution in [2.75, 3.05) is 19.7 Å². The van der Waals surface area contributed by atoms with Crippen molar-refractivity contribution >= 4 is 23.3 Å². The SMILES string of the molecule is O=C(O)OC1CCN(C(=O)COc2ccc(-c3nc4cnc(Oc5ccccc5F)nc4o3)c(F)c2)CC1. The third-order valence-electron chi connectivity index (χ3n) is 5.76. The zero-order valence-corrected chi connectivity index (χ0v) is 19.7. The first-order chi connectivity index (χ1) is 18.4. The summed E-state index contributed by atoms with van der Waals surface area (Å²) in [4.78, 5) is 36.8. The molecule has 1 fully saturated rings. The number of aromatic nitrogens is 3. The van der Waals surface area contributed by atoms with Crippen LogP contribution < -0.4 is 9.47 Å². The molecule has 1 saturated heterocycles. The molecule has 0 spiro atoms. The summed E-state index contributed by atoms with van der Waals surface area (Å²) in [5.74, 6) is -1.61. The van der Waals surface area contributed by atoms with Crippen molar-refractivity contribution in [1.29, 1.82) is 0 Å². The first-order valence-corrected chi connectivity index (χ1v) is 11.5. The second-order valence-electron chi connectivity index (χ2n) is 8.29. The quantitative estimate of drug-likeness (QED) is 0.345. The van der Waals surface area contributed by atoms with Gasteiger partial charge in [0.1, 0.15) is 23.2 Å². The topological polar surface area (TPSA) is 137 Å². The summed E-state index contributed by atoms with van der Waals surface area (Å²) in [5, 5.41) is 8.69. The first kappa shape index (κ1) is 24.9. The Kier molecular flexibility index (Phi) is 6.98. The molecule has 1 aliphatic heterocycles. The van der Waals surface area contributed by atoms with Crippen LogP contribution in [-0.4, -0.2) is 62.8 Å². The molecule has 0 aliphatic carbocycles. The first-order valence-electron chi connectivity index (χ1n) is 11.5. The van der Waals surface area contributed by atoms with Gasteiger partial charge in [-0.3, -0.25) is 4.79 Å². The number of benzene rings is 2. The molecule has 0 atom stereocenters. The lowest BCUT2D eigenvalue weighted by Gasteiger charge is -2.31. The van der Waals surface area contributed by atoms with Crippen LogP contribution in [0.3, 0.4) is 0 Å². The van der Waals surface area contributed by atoms with Gasteiger partial charge >= 0.3 is 12.2 Å². The molecular formula is C25H20F2N4O7. The predicted octanol–water partition coefficient (Wildman–Crippen LogP) is 4.42. The van der Waals surface area contributed by atoms with Gasteiger partial charge in [-0.05, 0) is 24.3 Å². The number of hydrogen-bond acceptors (Lipinski definition) is 9. The van der Waals surface area contributed by atoms with Crippen molar-refractivity contribution in [2.24, 2.45) is 0 Å². The Balaban J connectivity index is 1.22. The molecule has 4 aromatic rings. The van der Waals surface area contributed by atoms with Crippen LogP contribution in [0.25, 0.3) is 22.7 Å². The third kappa shape index (κ3) is 5.61. The Morgan fingerprint density at radius 3 is 2.61 bits per heavy atom. The highest BCUT2D eigenvalue weighted by atomic mass is 19.1. The van der Waals surface area contributed by atoms with Gasteiger partial charge in [0, 0.05) is 32.0 Å². The molecule has 13 heteroatoms.